The van der Waals surface area contributed by atoms with Gasteiger partial charge in [-0.15, -0.1) is 0 Å². The SMILES string of the molecule is CCc1ccc(CNc2ccc(Br)nc2C)cc1. The minimum atomic E-state index is 0.828. The second-order valence-corrected chi connectivity index (χ2v) is 5.10. The van der Waals surface area contributed by atoms with Gasteiger partial charge in [-0.25, -0.2) is 4.98 Å². The number of aromatic nitrogens is 1. The number of pyridine rings is 1. The zero-order valence-electron chi connectivity index (χ0n) is 10.7. The second kappa shape index (κ2) is 6.01. The van der Waals surface area contributed by atoms with Crippen LogP contribution in [0.25, 0.3) is 0 Å². The van der Waals surface area contributed by atoms with Gasteiger partial charge in [0.15, 0.2) is 0 Å². The first kappa shape index (κ1) is 13.1. The molecule has 0 radical (unpaired) electrons. The maximum absolute atomic E-state index is 4.37. The van der Waals surface area contributed by atoms with E-state index in [1.54, 1.807) is 0 Å². The number of rotatable bonds is 4. The van der Waals surface area contributed by atoms with E-state index < -0.39 is 0 Å². The van der Waals surface area contributed by atoms with Gasteiger partial charge in [0, 0.05) is 6.54 Å². The van der Waals surface area contributed by atoms with Crippen LogP contribution in [-0.2, 0) is 13.0 Å². The molecule has 0 atom stereocenters. The maximum Gasteiger partial charge on any atom is 0.106 e. The standard InChI is InChI=1S/C15H17BrN2/c1-3-12-4-6-13(7-5-12)10-17-14-8-9-15(16)18-11(14)2/h4-9,17H,3,10H2,1-2H3. The smallest absolute Gasteiger partial charge is 0.106 e. The lowest BCUT2D eigenvalue weighted by Crippen LogP contribution is -2.02. The molecule has 2 aromatic rings. The fourth-order valence-corrected chi connectivity index (χ4v) is 2.21. The van der Waals surface area contributed by atoms with Crippen LogP contribution in [0.1, 0.15) is 23.7 Å². The van der Waals surface area contributed by atoms with Crippen molar-refractivity contribution in [2.75, 3.05) is 5.32 Å². The summed E-state index contributed by atoms with van der Waals surface area (Å²) in [4.78, 5) is 4.37. The fraction of sp³-hybridized carbons (Fsp3) is 0.267. The molecule has 0 spiro atoms. The molecule has 0 saturated heterocycles. The van der Waals surface area contributed by atoms with Crippen molar-refractivity contribution in [2.45, 2.75) is 26.8 Å². The molecule has 3 heteroatoms. The van der Waals surface area contributed by atoms with E-state index in [1.807, 2.05) is 19.1 Å². The van der Waals surface area contributed by atoms with Gasteiger partial charge in [0.2, 0.25) is 0 Å². The van der Waals surface area contributed by atoms with E-state index in [0.29, 0.717) is 0 Å². The predicted molar refractivity (Wildman–Crippen MR) is 79.8 cm³/mol. The number of nitrogens with zero attached hydrogens (tertiary/aromatic N) is 1. The Labute approximate surface area is 117 Å². The Bertz CT molecular complexity index is 521. The van der Waals surface area contributed by atoms with Crippen molar-refractivity contribution < 1.29 is 0 Å². The molecule has 18 heavy (non-hydrogen) atoms. The predicted octanol–water partition coefficient (Wildman–Crippen LogP) is 4.33. The number of nitrogens with one attached hydrogen (secondary N) is 1. The molecule has 1 heterocycles. The van der Waals surface area contributed by atoms with Crippen molar-refractivity contribution in [1.82, 2.24) is 4.98 Å². The Morgan fingerprint density at radius 1 is 1.06 bits per heavy atom. The normalized spacial score (nSPS) is 10.4. The molecule has 2 nitrogen and oxygen atoms in total. The van der Waals surface area contributed by atoms with E-state index >= 15 is 0 Å². The molecule has 0 aliphatic carbocycles. The highest BCUT2D eigenvalue weighted by atomic mass is 79.9. The average molecular weight is 305 g/mol. The van der Waals surface area contributed by atoms with Crippen molar-refractivity contribution in [3.8, 4) is 0 Å². The van der Waals surface area contributed by atoms with Crippen LogP contribution in [0.15, 0.2) is 41.0 Å². The Morgan fingerprint density at radius 2 is 1.72 bits per heavy atom. The first-order valence-electron chi connectivity index (χ1n) is 6.14. The third-order valence-corrected chi connectivity index (χ3v) is 3.41. The average Bonchev–Trinajstić information content (AvgIpc) is 2.38. The highest BCUT2D eigenvalue weighted by Gasteiger charge is 2.00. The summed E-state index contributed by atoms with van der Waals surface area (Å²) < 4.78 is 0.873. The highest BCUT2D eigenvalue weighted by molar-refractivity contribution is 9.10. The molecule has 0 fully saturated rings. The third-order valence-electron chi connectivity index (χ3n) is 2.97. The van der Waals surface area contributed by atoms with Crippen LogP contribution >= 0.6 is 15.9 Å². The van der Waals surface area contributed by atoms with Gasteiger partial charge in [0.25, 0.3) is 0 Å². The van der Waals surface area contributed by atoms with Crippen LogP contribution in [-0.4, -0.2) is 4.98 Å². The lowest BCUT2D eigenvalue weighted by atomic mass is 10.1. The molecule has 1 aromatic heterocycles. The highest BCUT2D eigenvalue weighted by Crippen LogP contribution is 2.17. The Kier molecular flexibility index (Phi) is 4.37. The molecule has 2 rings (SSSR count). The van der Waals surface area contributed by atoms with Crippen LogP contribution in [0, 0.1) is 6.92 Å². The molecule has 0 saturated carbocycles. The van der Waals surface area contributed by atoms with Crippen LogP contribution in [0.2, 0.25) is 0 Å². The lowest BCUT2D eigenvalue weighted by molar-refractivity contribution is 1.08. The minimum Gasteiger partial charge on any atom is -0.380 e. The molecule has 1 aromatic carbocycles. The quantitative estimate of drug-likeness (QED) is 0.851. The number of benzene rings is 1. The van der Waals surface area contributed by atoms with Gasteiger partial charge < -0.3 is 5.32 Å². The van der Waals surface area contributed by atoms with Crippen LogP contribution in [0.5, 0.6) is 0 Å². The first-order valence-corrected chi connectivity index (χ1v) is 6.93. The Balaban J connectivity index is 2.02. The van der Waals surface area contributed by atoms with E-state index in [1.165, 1.54) is 11.1 Å². The number of hydrogen-bond acceptors (Lipinski definition) is 2. The molecule has 0 bridgehead atoms. The van der Waals surface area contributed by atoms with E-state index in [9.17, 15) is 0 Å². The van der Waals surface area contributed by atoms with Gasteiger partial charge in [-0.1, -0.05) is 31.2 Å². The van der Waals surface area contributed by atoms with Crippen LogP contribution in [0.3, 0.4) is 0 Å². The zero-order valence-corrected chi connectivity index (χ0v) is 12.3. The van der Waals surface area contributed by atoms with Crippen molar-refractivity contribution in [1.29, 1.82) is 0 Å². The first-order chi connectivity index (χ1) is 8.69. The van der Waals surface area contributed by atoms with E-state index in [4.69, 9.17) is 0 Å². The number of hydrogen-bond donors (Lipinski definition) is 1. The van der Waals surface area contributed by atoms with Crippen molar-refractivity contribution in [2.24, 2.45) is 0 Å². The van der Waals surface area contributed by atoms with E-state index in [-0.39, 0.29) is 0 Å². The monoisotopic (exact) mass is 304 g/mol. The zero-order chi connectivity index (χ0) is 13.0. The molecule has 0 amide bonds. The molecular formula is C15H17BrN2. The summed E-state index contributed by atoms with van der Waals surface area (Å²) >= 11 is 3.37. The number of anilines is 1. The van der Waals surface area contributed by atoms with Gasteiger partial charge in [-0.3, -0.25) is 0 Å². The molecule has 0 aliphatic heterocycles. The summed E-state index contributed by atoms with van der Waals surface area (Å²) in [6.45, 7) is 5.01. The Hall–Kier alpha value is -1.35. The Morgan fingerprint density at radius 3 is 2.33 bits per heavy atom. The summed E-state index contributed by atoms with van der Waals surface area (Å²) in [5, 5.41) is 3.41. The van der Waals surface area contributed by atoms with Gasteiger partial charge in [-0.2, -0.15) is 0 Å². The summed E-state index contributed by atoms with van der Waals surface area (Å²) in [5.74, 6) is 0. The second-order valence-electron chi connectivity index (χ2n) is 4.29. The minimum absolute atomic E-state index is 0.828. The molecule has 1 N–H and O–H groups in total. The number of aryl methyl sites for hydroxylation is 2. The van der Waals surface area contributed by atoms with Gasteiger partial charge in [0.1, 0.15) is 4.60 Å². The van der Waals surface area contributed by atoms with Crippen LogP contribution < -0.4 is 5.32 Å². The van der Waals surface area contributed by atoms with E-state index in [0.717, 1.165) is 29.0 Å². The lowest BCUT2D eigenvalue weighted by Gasteiger charge is -2.09. The van der Waals surface area contributed by atoms with E-state index in [2.05, 4.69) is 57.4 Å². The van der Waals surface area contributed by atoms with Crippen molar-refractivity contribution >= 4 is 21.6 Å². The van der Waals surface area contributed by atoms with Crippen molar-refractivity contribution in [3.05, 3.63) is 57.8 Å². The van der Waals surface area contributed by atoms with Gasteiger partial charge >= 0.3 is 0 Å². The largest absolute Gasteiger partial charge is 0.380 e. The molecule has 0 unspecified atom stereocenters. The summed E-state index contributed by atoms with van der Waals surface area (Å²) in [6.07, 6.45) is 1.09. The summed E-state index contributed by atoms with van der Waals surface area (Å²) in [5.41, 5.74) is 4.75. The molecular weight excluding hydrogens is 288 g/mol. The van der Waals surface area contributed by atoms with Gasteiger partial charge in [-0.05, 0) is 52.5 Å². The molecule has 94 valence electrons. The topological polar surface area (TPSA) is 24.9 Å². The van der Waals surface area contributed by atoms with Gasteiger partial charge in [0.05, 0.1) is 11.4 Å². The van der Waals surface area contributed by atoms with Crippen LogP contribution in [0.4, 0.5) is 5.69 Å². The third kappa shape index (κ3) is 3.33. The molecule has 0 aliphatic rings. The fourth-order valence-electron chi connectivity index (χ4n) is 1.81. The summed E-state index contributed by atoms with van der Waals surface area (Å²) in [6, 6.07) is 12.7. The number of halogens is 1. The summed E-state index contributed by atoms with van der Waals surface area (Å²) in [7, 11) is 0. The maximum atomic E-state index is 4.37. The van der Waals surface area contributed by atoms with Crippen molar-refractivity contribution in [3.63, 3.8) is 0 Å².